The minimum absolute atomic E-state index is 0.0263. The molecule has 0 fully saturated rings. The van der Waals surface area contributed by atoms with Crippen LogP contribution in [0, 0.1) is 0 Å². The van der Waals surface area contributed by atoms with Crippen LogP contribution in [0.25, 0.3) is 0 Å². The highest BCUT2D eigenvalue weighted by Gasteiger charge is 2.18. The maximum Gasteiger partial charge on any atom is 0.317 e. The van der Waals surface area contributed by atoms with Gasteiger partial charge in [0.1, 0.15) is 11.5 Å². The third-order valence-corrected chi connectivity index (χ3v) is 2.93. The standard InChI is InChI=1S/C13H19NO4/c1-9(14(2)8-13(15)16)11-7-10(17-3)5-6-12(11)18-4/h5-7,9H,8H2,1-4H3,(H,15,16). The van der Waals surface area contributed by atoms with Crippen LogP contribution < -0.4 is 9.47 Å². The van der Waals surface area contributed by atoms with Gasteiger partial charge in [0, 0.05) is 11.6 Å². The Morgan fingerprint density at radius 2 is 2.06 bits per heavy atom. The second-order valence-electron chi connectivity index (χ2n) is 4.09. The number of aliphatic carboxylic acids is 1. The first-order valence-corrected chi connectivity index (χ1v) is 5.63. The van der Waals surface area contributed by atoms with Crippen molar-refractivity contribution in [2.45, 2.75) is 13.0 Å². The van der Waals surface area contributed by atoms with E-state index in [-0.39, 0.29) is 12.6 Å². The van der Waals surface area contributed by atoms with E-state index in [1.54, 1.807) is 26.2 Å². The first kappa shape index (κ1) is 14.3. The molecule has 0 saturated heterocycles. The van der Waals surface area contributed by atoms with Gasteiger partial charge in [0.15, 0.2) is 0 Å². The number of carboxylic acids is 1. The van der Waals surface area contributed by atoms with Crippen LogP contribution in [-0.4, -0.2) is 43.8 Å². The van der Waals surface area contributed by atoms with E-state index in [0.717, 1.165) is 17.1 Å². The lowest BCUT2D eigenvalue weighted by Gasteiger charge is -2.25. The molecule has 18 heavy (non-hydrogen) atoms. The first-order chi connectivity index (χ1) is 8.49. The van der Waals surface area contributed by atoms with Gasteiger partial charge in [0.25, 0.3) is 0 Å². The van der Waals surface area contributed by atoms with Gasteiger partial charge in [-0.3, -0.25) is 9.69 Å². The van der Waals surface area contributed by atoms with Crippen LogP contribution in [-0.2, 0) is 4.79 Å². The topological polar surface area (TPSA) is 59.0 Å². The van der Waals surface area contributed by atoms with Gasteiger partial charge in [-0.1, -0.05) is 0 Å². The summed E-state index contributed by atoms with van der Waals surface area (Å²) < 4.78 is 10.5. The predicted octanol–water partition coefficient (Wildman–Crippen LogP) is 1.78. The van der Waals surface area contributed by atoms with E-state index in [9.17, 15) is 4.79 Å². The fourth-order valence-electron chi connectivity index (χ4n) is 1.75. The molecule has 0 aliphatic rings. The summed E-state index contributed by atoms with van der Waals surface area (Å²) in [5, 5.41) is 8.81. The van der Waals surface area contributed by atoms with E-state index >= 15 is 0 Å². The molecular formula is C13H19NO4. The van der Waals surface area contributed by atoms with E-state index in [1.165, 1.54) is 0 Å². The molecule has 0 bridgehead atoms. The summed E-state index contributed by atoms with van der Waals surface area (Å²) in [6.45, 7) is 1.90. The van der Waals surface area contributed by atoms with Crippen molar-refractivity contribution in [2.75, 3.05) is 27.8 Å². The lowest BCUT2D eigenvalue weighted by Crippen LogP contribution is -2.28. The molecule has 100 valence electrons. The Balaban J connectivity index is 3.01. The molecule has 0 aliphatic carbocycles. The molecule has 1 N–H and O–H groups in total. The molecule has 1 unspecified atom stereocenters. The Labute approximate surface area is 107 Å². The van der Waals surface area contributed by atoms with Crippen LogP contribution in [0.1, 0.15) is 18.5 Å². The van der Waals surface area contributed by atoms with Gasteiger partial charge in [-0.2, -0.15) is 0 Å². The van der Waals surface area contributed by atoms with E-state index in [2.05, 4.69) is 0 Å². The van der Waals surface area contributed by atoms with Gasteiger partial charge in [0.2, 0.25) is 0 Å². The Morgan fingerprint density at radius 3 is 2.56 bits per heavy atom. The molecule has 0 saturated carbocycles. The summed E-state index contributed by atoms with van der Waals surface area (Å²) in [7, 11) is 4.95. The molecular weight excluding hydrogens is 234 g/mol. The summed E-state index contributed by atoms with van der Waals surface area (Å²) >= 11 is 0. The molecule has 0 aromatic heterocycles. The lowest BCUT2D eigenvalue weighted by molar-refractivity contribution is -0.138. The maximum absolute atomic E-state index is 10.7. The van der Waals surface area contributed by atoms with Gasteiger partial charge in [-0.15, -0.1) is 0 Å². The Kier molecular flexibility index (Phi) is 4.97. The zero-order valence-electron chi connectivity index (χ0n) is 11.1. The molecule has 1 atom stereocenters. The second kappa shape index (κ2) is 6.26. The number of hydrogen-bond donors (Lipinski definition) is 1. The summed E-state index contributed by atoms with van der Waals surface area (Å²) in [5.41, 5.74) is 0.903. The third kappa shape index (κ3) is 3.37. The first-order valence-electron chi connectivity index (χ1n) is 5.63. The normalized spacial score (nSPS) is 12.3. The van der Waals surface area contributed by atoms with Crippen LogP contribution in [0.4, 0.5) is 0 Å². The number of hydrogen-bond acceptors (Lipinski definition) is 4. The van der Waals surface area contributed by atoms with E-state index < -0.39 is 5.97 Å². The van der Waals surface area contributed by atoms with Crippen molar-refractivity contribution in [2.24, 2.45) is 0 Å². The van der Waals surface area contributed by atoms with Crippen molar-refractivity contribution in [3.8, 4) is 11.5 Å². The van der Waals surface area contributed by atoms with E-state index in [4.69, 9.17) is 14.6 Å². The molecule has 0 heterocycles. The quantitative estimate of drug-likeness (QED) is 0.837. The number of carbonyl (C=O) groups is 1. The maximum atomic E-state index is 10.7. The Bertz CT molecular complexity index is 419. The fourth-order valence-corrected chi connectivity index (χ4v) is 1.75. The Hall–Kier alpha value is -1.75. The molecule has 1 aromatic carbocycles. The zero-order chi connectivity index (χ0) is 13.7. The average Bonchev–Trinajstić information content (AvgIpc) is 2.36. The summed E-state index contributed by atoms with van der Waals surface area (Å²) in [6, 6.07) is 5.42. The van der Waals surface area contributed by atoms with Crippen molar-refractivity contribution in [3.63, 3.8) is 0 Å². The summed E-state index contributed by atoms with van der Waals surface area (Å²) in [4.78, 5) is 12.5. The SMILES string of the molecule is COc1ccc(OC)c(C(C)N(C)CC(=O)O)c1. The minimum Gasteiger partial charge on any atom is -0.497 e. The van der Waals surface area contributed by atoms with Crippen LogP contribution in [0.3, 0.4) is 0 Å². The van der Waals surface area contributed by atoms with E-state index in [1.807, 2.05) is 25.1 Å². The molecule has 0 aliphatic heterocycles. The molecule has 1 rings (SSSR count). The highest BCUT2D eigenvalue weighted by Crippen LogP contribution is 2.31. The number of nitrogens with zero attached hydrogens (tertiary/aromatic N) is 1. The number of likely N-dealkylation sites (N-methyl/N-ethyl adjacent to an activating group) is 1. The zero-order valence-corrected chi connectivity index (χ0v) is 11.1. The number of rotatable bonds is 6. The van der Waals surface area contributed by atoms with Crippen molar-refractivity contribution < 1.29 is 19.4 Å². The monoisotopic (exact) mass is 253 g/mol. The minimum atomic E-state index is -0.855. The van der Waals surface area contributed by atoms with Gasteiger partial charge >= 0.3 is 5.97 Å². The highest BCUT2D eigenvalue weighted by molar-refractivity contribution is 5.69. The third-order valence-electron chi connectivity index (χ3n) is 2.93. The molecule has 0 amide bonds. The van der Waals surface area contributed by atoms with Crippen LogP contribution in [0.5, 0.6) is 11.5 Å². The second-order valence-corrected chi connectivity index (χ2v) is 4.09. The number of carboxylic acid groups (broad SMARTS) is 1. The van der Waals surface area contributed by atoms with Crippen molar-refractivity contribution in [1.82, 2.24) is 4.90 Å². The van der Waals surface area contributed by atoms with Gasteiger partial charge < -0.3 is 14.6 Å². The summed E-state index contributed by atoms with van der Waals surface area (Å²) in [5.74, 6) is 0.591. The lowest BCUT2D eigenvalue weighted by atomic mass is 10.1. The largest absolute Gasteiger partial charge is 0.497 e. The smallest absolute Gasteiger partial charge is 0.317 e. The highest BCUT2D eigenvalue weighted by atomic mass is 16.5. The number of ether oxygens (including phenoxy) is 2. The number of methoxy groups -OCH3 is 2. The van der Waals surface area contributed by atoms with Crippen LogP contribution in [0.15, 0.2) is 18.2 Å². The van der Waals surface area contributed by atoms with Gasteiger partial charge in [0.05, 0.1) is 20.8 Å². The van der Waals surface area contributed by atoms with Crippen molar-refractivity contribution in [1.29, 1.82) is 0 Å². The van der Waals surface area contributed by atoms with Crippen molar-refractivity contribution in [3.05, 3.63) is 23.8 Å². The molecule has 5 heteroatoms. The average molecular weight is 253 g/mol. The van der Waals surface area contributed by atoms with Crippen LogP contribution >= 0.6 is 0 Å². The van der Waals surface area contributed by atoms with Crippen molar-refractivity contribution >= 4 is 5.97 Å². The summed E-state index contributed by atoms with van der Waals surface area (Å²) in [6.07, 6.45) is 0. The predicted molar refractivity (Wildman–Crippen MR) is 68.2 cm³/mol. The van der Waals surface area contributed by atoms with E-state index in [0.29, 0.717) is 0 Å². The number of benzene rings is 1. The Morgan fingerprint density at radius 1 is 1.39 bits per heavy atom. The molecule has 1 aromatic rings. The fraction of sp³-hybridized carbons (Fsp3) is 0.462. The molecule has 5 nitrogen and oxygen atoms in total. The van der Waals surface area contributed by atoms with Crippen LogP contribution in [0.2, 0.25) is 0 Å². The molecule has 0 radical (unpaired) electrons. The van der Waals surface area contributed by atoms with Gasteiger partial charge in [-0.25, -0.2) is 0 Å². The molecule has 0 spiro atoms. The van der Waals surface area contributed by atoms with Gasteiger partial charge in [-0.05, 0) is 32.2 Å².